The first-order chi connectivity index (χ1) is 24.8. The number of alkyl halides is 3. The van der Waals surface area contributed by atoms with E-state index in [-0.39, 0.29) is 30.7 Å². The number of carbonyl (C=O) groups is 2. The molecular weight excluding hydrogens is 687 g/mol. The van der Waals surface area contributed by atoms with Crippen molar-refractivity contribution in [3.63, 3.8) is 0 Å². The molecule has 52 heavy (non-hydrogen) atoms. The van der Waals surface area contributed by atoms with Gasteiger partial charge in [0.25, 0.3) is 0 Å². The third-order valence-corrected chi connectivity index (χ3v) is 10.1. The lowest BCUT2D eigenvalue weighted by atomic mass is 9.99. The summed E-state index contributed by atoms with van der Waals surface area (Å²) in [5, 5.41) is 52.7. The van der Waals surface area contributed by atoms with Crippen LogP contribution < -0.4 is 20.4 Å². The fourth-order valence-electron chi connectivity index (χ4n) is 7.05. The highest BCUT2D eigenvalue weighted by atomic mass is 19.4. The van der Waals surface area contributed by atoms with Crippen molar-refractivity contribution in [2.45, 2.75) is 93.8 Å². The summed E-state index contributed by atoms with van der Waals surface area (Å²) < 4.78 is 48.4. The van der Waals surface area contributed by atoms with Crippen molar-refractivity contribution in [2.75, 3.05) is 56.2 Å². The van der Waals surface area contributed by atoms with Gasteiger partial charge in [-0.3, -0.25) is 9.69 Å². The number of aryl methyl sites for hydroxylation is 1. The standard InChI is InChI=1S/C36H50F3N5O8/c1-52-25-17-29(34(50)44-15-14-43(24-10-11-24)27-7-2-3-8-28(27)44)42(20-25)19-23-16-22(9-12-26(23)36(37,38)39)6-4-5-13-40-35(51)41-18-30(46)32(48)33(49)31(47)21-45/h2-3,7-9,12,16,24-25,29-33,45-49H,4-6,10-11,13-15,17-21H2,1H3,(H2,40,41,51)/t25-,29+,30+,31-,32-,33-/m1/s1. The van der Waals surface area contributed by atoms with Crippen LogP contribution in [0.3, 0.4) is 0 Å². The number of nitrogens with one attached hydrogen (secondary N) is 2. The largest absolute Gasteiger partial charge is 0.416 e. The molecule has 288 valence electrons. The van der Waals surface area contributed by atoms with Gasteiger partial charge in [0.15, 0.2) is 0 Å². The molecule has 1 saturated heterocycles. The highest BCUT2D eigenvalue weighted by Gasteiger charge is 2.43. The number of nitrogens with zero attached hydrogens (tertiary/aromatic N) is 3. The van der Waals surface area contributed by atoms with Gasteiger partial charge in [-0.1, -0.05) is 24.3 Å². The molecule has 13 nitrogen and oxygen atoms in total. The predicted molar refractivity (Wildman–Crippen MR) is 186 cm³/mol. The minimum Gasteiger partial charge on any atom is -0.394 e. The molecule has 0 radical (unpaired) electrons. The molecule has 6 atom stereocenters. The van der Waals surface area contributed by atoms with Crippen molar-refractivity contribution in [1.82, 2.24) is 15.5 Å². The second-order valence-electron chi connectivity index (χ2n) is 13.8. The maximum absolute atomic E-state index is 14.3. The van der Waals surface area contributed by atoms with Crippen LogP contribution in [0.1, 0.15) is 48.8 Å². The van der Waals surface area contributed by atoms with E-state index >= 15 is 0 Å². The molecular formula is C36H50F3N5O8. The third-order valence-electron chi connectivity index (χ3n) is 10.1. The van der Waals surface area contributed by atoms with Gasteiger partial charge in [-0.25, -0.2) is 4.79 Å². The Kier molecular flexibility index (Phi) is 13.4. The van der Waals surface area contributed by atoms with Crippen molar-refractivity contribution in [2.24, 2.45) is 0 Å². The number of unbranched alkanes of at least 4 members (excludes halogenated alkanes) is 1. The van der Waals surface area contributed by atoms with E-state index < -0.39 is 61.4 Å². The zero-order chi connectivity index (χ0) is 37.6. The molecule has 16 heteroatoms. The minimum absolute atomic E-state index is 0.0772. The van der Waals surface area contributed by atoms with Crippen LogP contribution in [0.5, 0.6) is 0 Å². The first kappa shape index (κ1) is 39.7. The van der Waals surface area contributed by atoms with Gasteiger partial charge in [0.05, 0.1) is 41.8 Å². The molecule has 2 heterocycles. The fraction of sp³-hybridized carbons (Fsp3) is 0.611. The number of halogens is 3. The van der Waals surface area contributed by atoms with Crippen molar-refractivity contribution in [3.8, 4) is 0 Å². The minimum atomic E-state index is -4.59. The quantitative estimate of drug-likeness (QED) is 0.125. The molecule has 7 N–H and O–H groups in total. The second-order valence-corrected chi connectivity index (χ2v) is 13.8. The molecule has 3 amide bonds. The van der Waals surface area contributed by atoms with Crippen molar-refractivity contribution >= 4 is 23.3 Å². The van der Waals surface area contributed by atoms with Crippen molar-refractivity contribution < 1.29 is 53.0 Å². The van der Waals surface area contributed by atoms with E-state index in [1.165, 1.54) is 6.07 Å². The van der Waals surface area contributed by atoms with E-state index in [1.807, 2.05) is 24.3 Å². The summed E-state index contributed by atoms with van der Waals surface area (Å²) in [4.78, 5) is 32.2. The number of rotatable bonds is 16. The Hall–Kier alpha value is -3.51. The molecule has 0 unspecified atom stereocenters. The number of benzene rings is 2. The number of aliphatic hydroxyl groups is 5. The Balaban J connectivity index is 1.18. The lowest BCUT2D eigenvalue weighted by Gasteiger charge is -2.40. The van der Waals surface area contributed by atoms with Crippen molar-refractivity contribution in [3.05, 3.63) is 59.2 Å². The number of anilines is 2. The molecule has 1 saturated carbocycles. The maximum atomic E-state index is 14.3. The van der Waals surface area contributed by atoms with Gasteiger partial charge >= 0.3 is 12.2 Å². The molecule has 0 spiro atoms. The number of aliphatic hydroxyl groups excluding tert-OH is 5. The van der Waals surface area contributed by atoms with E-state index in [9.17, 15) is 43.2 Å². The van der Waals surface area contributed by atoms with Crippen LogP contribution in [0.15, 0.2) is 42.5 Å². The molecule has 2 aromatic carbocycles. The predicted octanol–water partition coefficient (Wildman–Crippen LogP) is 1.37. The first-order valence-electron chi connectivity index (χ1n) is 17.8. The average molecular weight is 738 g/mol. The number of methoxy groups -OCH3 is 1. The topological polar surface area (TPSA) is 178 Å². The van der Waals surface area contributed by atoms with Crippen LogP contribution in [-0.2, 0) is 28.7 Å². The van der Waals surface area contributed by atoms with Crippen molar-refractivity contribution in [1.29, 1.82) is 0 Å². The zero-order valence-electron chi connectivity index (χ0n) is 29.2. The summed E-state index contributed by atoms with van der Waals surface area (Å²) >= 11 is 0. The van der Waals surface area contributed by atoms with Gasteiger partial charge in [0.1, 0.15) is 18.3 Å². The number of para-hydroxylation sites is 2. The molecule has 0 bridgehead atoms. The third kappa shape index (κ3) is 9.72. The number of ether oxygens (including phenoxy) is 1. The number of urea groups is 1. The average Bonchev–Trinajstić information content (AvgIpc) is 3.90. The summed E-state index contributed by atoms with van der Waals surface area (Å²) in [6.45, 7) is 0.390. The van der Waals surface area contributed by atoms with E-state index in [2.05, 4.69) is 15.5 Å². The van der Waals surface area contributed by atoms with Gasteiger partial charge in [0.2, 0.25) is 5.91 Å². The summed E-state index contributed by atoms with van der Waals surface area (Å²) in [7, 11) is 1.55. The van der Waals surface area contributed by atoms with Gasteiger partial charge in [-0.2, -0.15) is 13.2 Å². The Morgan fingerprint density at radius 2 is 1.67 bits per heavy atom. The van der Waals surface area contributed by atoms with Crippen LogP contribution in [0, 0.1) is 0 Å². The smallest absolute Gasteiger partial charge is 0.394 e. The Labute approximate surface area is 301 Å². The highest BCUT2D eigenvalue weighted by molar-refractivity contribution is 6.01. The van der Waals surface area contributed by atoms with E-state index in [4.69, 9.17) is 9.84 Å². The van der Waals surface area contributed by atoms with Gasteiger partial charge in [-0.05, 0) is 67.9 Å². The van der Waals surface area contributed by atoms with Crippen LogP contribution in [0.4, 0.5) is 29.3 Å². The van der Waals surface area contributed by atoms with Crippen LogP contribution in [-0.4, -0.2) is 131 Å². The van der Waals surface area contributed by atoms with Crippen LogP contribution in [0.25, 0.3) is 0 Å². The SMILES string of the molecule is CO[C@@H]1C[C@@H](C(=O)N2CCN(C3CC3)c3ccccc32)N(Cc2cc(CCCCNC(=O)NC[C@H](O)[C@@H](O)[C@H](O)[C@H](O)CO)ccc2C(F)(F)F)C1. The monoisotopic (exact) mass is 737 g/mol. The zero-order valence-corrected chi connectivity index (χ0v) is 29.2. The van der Waals surface area contributed by atoms with E-state index in [1.54, 1.807) is 23.0 Å². The number of hydrogen-bond acceptors (Lipinski definition) is 10. The van der Waals surface area contributed by atoms with Crippen LogP contribution in [0.2, 0.25) is 0 Å². The molecule has 1 aliphatic carbocycles. The summed E-state index contributed by atoms with van der Waals surface area (Å²) in [6.07, 6.45) is -7.70. The highest BCUT2D eigenvalue weighted by Crippen LogP contribution is 2.41. The Morgan fingerprint density at radius 3 is 2.35 bits per heavy atom. The summed E-state index contributed by atoms with van der Waals surface area (Å²) in [6, 6.07) is 11.0. The van der Waals surface area contributed by atoms with Gasteiger partial charge in [-0.15, -0.1) is 0 Å². The molecule has 2 aromatic rings. The fourth-order valence-corrected chi connectivity index (χ4v) is 7.05. The maximum Gasteiger partial charge on any atom is 0.416 e. The second kappa shape index (κ2) is 17.5. The molecule has 0 aromatic heterocycles. The lowest BCUT2D eigenvalue weighted by molar-refractivity contribution is -0.138. The number of amides is 3. The molecule has 2 aliphatic heterocycles. The molecule has 3 aliphatic rings. The molecule has 2 fully saturated rings. The Morgan fingerprint density at radius 1 is 0.962 bits per heavy atom. The summed E-state index contributed by atoms with van der Waals surface area (Å²) in [5.74, 6) is -0.146. The number of fused-ring (bicyclic) bond motifs is 1. The number of hydrogen-bond donors (Lipinski definition) is 7. The Bertz CT molecular complexity index is 1510. The lowest BCUT2D eigenvalue weighted by Crippen LogP contribution is -2.51. The summed E-state index contributed by atoms with van der Waals surface area (Å²) in [5.41, 5.74) is 1.84. The van der Waals surface area contributed by atoms with Gasteiger partial charge in [0, 0.05) is 52.4 Å². The molecule has 5 rings (SSSR count). The number of carbonyl (C=O) groups excluding carboxylic acids is 2. The number of likely N-dealkylation sites (tertiary alicyclic amines) is 1. The van der Waals surface area contributed by atoms with Crippen LogP contribution >= 0.6 is 0 Å². The van der Waals surface area contributed by atoms with E-state index in [0.29, 0.717) is 56.9 Å². The van der Waals surface area contributed by atoms with Gasteiger partial charge < -0.3 is 50.7 Å². The van der Waals surface area contributed by atoms with E-state index in [0.717, 1.165) is 30.3 Å². The first-order valence-corrected chi connectivity index (χ1v) is 17.8. The normalized spacial score (nSPS) is 21.7.